The minimum absolute atomic E-state index is 0.122. The monoisotopic (exact) mass is 622 g/mol. The molecule has 11 heteroatoms. The molecule has 2 aromatic carbocycles. The Morgan fingerprint density at radius 1 is 1.12 bits per heavy atom. The average Bonchev–Trinajstić information content (AvgIpc) is 3.39. The van der Waals surface area contributed by atoms with Gasteiger partial charge in [0.15, 0.2) is 0 Å². The fourth-order valence-corrected chi connectivity index (χ4v) is 7.26. The van der Waals surface area contributed by atoms with Gasteiger partial charge >= 0.3 is 0 Å². The number of anilines is 1. The van der Waals surface area contributed by atoms with Crippen LogP contribution in [0.3, 0.4) is 0 Å². The molecule has 0 radical (unpaired) electrons. The van der Waals surface area contributed by atoms with Crippen LogP contribution >= 0.6 is 23.2 Å². The maximum atomic E-state index is 15.0. The van der Waals surface area contributed by atoms with Crippen molar-refractivity contribution in [1.82, 2.24) is 15.5 Å². The van der Waals surface area contributed by atoms with Gasteiger partial charge in [0.1, 0.15) is 17.0 Å². The predicted octanol–water partition coefficient (Wildman–Crippen LogP) is 4.98. The molecular weight excluding hydrogens is 585 g/mol. The van der Waals surface area contributed by atoms with Crippen LogP contribution in [0.25, 0.3) is 0 Å². The Morgan fingerprint density at radius 3 is 2.48 bits per heavy atom. The molecule has 3 heterocycles. The highest BCUT2D eigenvalue weighted by Gasteiger charge is 2.66. The summed E-state index contributed by atoms with van der Waals surface area (Å²) in [6.07, 6.45) is 2.44. The molecule has 2 saturated heterocycles. The number of benzene rings is 2. The highest BCUT2D eigenvalue weighted by atomic mass is 35.5. The van der Waals surface area contributed by atoms with Gasteiger partial charge in [-0.2, -0.15) is 0 Å². The lowest BCUT2D eigenvalue weighted by Gasteiger charge is -2.37. The summed E-state index contributed by atoms with van der Waals surface area (Å²) in [6.45, 7) is 8.95. The summed E-state index contributed by atoms with van der Waals surface area (Å²) in [6, 6.07) is 5.44. The number of nitrogens with one attached hydrogen (secondary N) is 3. The molecule has 0 saturated carbocycles. The van der Waals surface area contributed by atoms with Crippen molar-refractivity contribution in [1.29, 1.82) is 0 Å². The quantitative estimate of drug-likeness (QED) is 0.327. The molecule has 1 spiro atoms. The van der Waals surface area contributed by atoms with Gasteiger partial charge in [0.2, 0.25) is 11.8 Å². The van der Waals surface area contributed by atoms with Crippen LogP contribution in [0.2, 0.25) is 10.0 Å². The molecule has 4 atom stereocenters. The highest BCUT2D eigenvalue weighted by Crippen LogP contribution is 2.57. The molecule has 3 aliphatic rings. The summed E-state index contributed by atoms with van der Waals surface area (Å²) >= 11 is 12.3. The first-order valence-corrected chi connectivity index (χ1v) is 15.3. The van der Waals surface area contributed by atoms with Gasteiger partial charge in [-0.25, -0.2) is 8.78 Å². The Bertz CT molecular complexity index is 1360. The van der Waals surface area contributed by atoms with E-state index in [1.807, 2.05) is 20.8 Å². The number of likely N-dealkylation sites (tertiary alicyclic amines) is 1. The van der Waals surface area contributed by atoms with Gasteiger partial charge in [0.05, 0.1) is 22.2 Å². The Balaban J connectivity index is 1.52. The summed E-state index contributed by atoms with van der Waals surface area (Å²) in [7, 11) is 0. The number of hydrogen-bond donors (Lipinski definition) is 4. The van der Waals surface area contributed by atoms with Gasteiger partial charge in [0.25, 0.3) is 0 Å². The normalized spacial score (nSPS) is 26.5. The zero-order chi connectivity index (χ0) is 30.4. The first-order valence-electron chi connectivity index (χ1n) is 14.5. The van der Waals surface area contributed by atoms with E-state index in [0.717, 1.165) is 32.5 Å². The number of hydrogen-bond acceptors (Lipinski definition) is 5. The Kier molecular flexibility index (Phi) is 8.90. The topological polar surface area (TPSA) is 93.7 Å². The Labute approximate surface area is 255 Å². The summed E-state index contributed by atoms with van der Waals surface area (Å²) in [5.41, 5.74) is -0.374. The van der Waals surface area contributed by atoms with Gasteiger partial charge < -0.3 is 26.0 Å². The molecule has 42 heavy (non-hydrogen) atoms. The van der Waals surface area contributed by atoms with E-state index >= 15 is 4.39 Å². The number of piperidine rings is 1. The molecule has 228 valence electrons. The van der Waals surface area contributed by atoms with Crippen molar-refractivity contribution in [3.05, 3.63) is 63.1 Å². The van der Waals surface area contributed by atoms with E-state index in [0.29, 0.717) is 36.2 Å². The molecule has 3 aliphatic heterocycles. The number of aliphatic hydroxyl groups excluding tert-OH is 1. The van der Waals surface area contributed by atoms with E-state index in [1.165, 1.54) is 30.3 Å². The third kappa shape index (κ3) is 5.91. The smallest absolute Gasteiger partial charge is 0.237 e. The maximum absolute atomic E-state index is 15.0. The number of fused-ring (bicyclic) bond motifs is 2. The van der Waals surface area contributed by atoms with Crippen LogP contribution in [0.1, 0.15) is 63.5 Å². The predicted molar refractivity (Wildman–Crippen MR) is 160 cm³/mol. The van der Waals surface area contributed by atoms with Gasteiger partial charge in [-0.3, -0.25) is 9.59 Å². The van der Waals surface area contributed by atoms with Crippen molar-refractivity contribution in [2.45, 2.75) is 76.0 Å². The first-order chi connectivity index (χ1) is 19.8. The van der Waals surface area contributed by atoms with Crippen molar-refractivity contribution >= 4 is 40.7 Å². The number of rotatable bonds is 7. The second kappa shape index (κ2) is 12.0. The SMILES string of the molecule is CC(C)(C)C[C@H]1N[C@@H](C(=O)NCCCN2CCC(O)CC2)[C@H](c2ccc(F)c(Cl)c2)[C@@]12C(=O)Nc1cc(Cl)c(F)cc12. The molecule has 2 fully saturated rings. The van der Waals surface area contributed by atoms with Gasteiger partial charge in [0, 0.05) is 37.3 Å². The molecule has 7 nitrogen and oxygen atoms in total. The summed E-state index contributed by atoms with van der Waals surface area (Å²) in [5, 5.41) is 18.9. The second-order valence-corrected chi connectivity index (χ2v) is 13.8. The van der Waals surface area contributed by atoms with Gasteiger partial charge in [-0.05, 0) is 73.0 Å². The first kappa shape index (κ1) is 31.1. The molecule has 0 bridgehead atoms. The van der Waals surface area contributed by atoms with Crippen molar-refractivity contribution in [2.24, 2.45) is 5.41 Å². The summed E-state index contributed by atoms with van der Waals surface area (Å²) in [5.74, 6) is -2.80. The Hall–Kier alpha value is -2.30. The van der Waals surface area contributed by atoms with E-state index in [2.05, 4.69) is 20.9 Å². The lowest BCUT2D eigenvalue weighted by Crippen LogP contribution is -2.49. The Morgan fingerprint density at radius 2 is 1.81 bits per heavy atom. The van der Waals surface area contributed by atoms with Crippen molar-refractivity contribution < 1.29 is 23.5 Å². The standard InChI is InChI=1S/C31H38Cl2F2N4O3/c1-30(2,3)16-25-31(19-14-23(35)21(33)15-24(19)37-29(31)42)26(17-5-6-22(34)20(32)13-17)27(38-25)28(41)36-9-4-10-39-11-7-18(40)8-12-39/h5-6,13-15,18,25-27,38,40H,4,7-12,16H2,1-3H3,(H,36,41)(H,37,42)/t25-,26+,27-,31+/m1/s1. The minimum atomic E-state index is -1.40. The maximum Gasteiger partial charge on any atom is 0.237 e. The number of carbonyl (C=O) groups excluding carboxylic acids is 2. The fraction of sp³-hybridized carbons (Fsp3) is 0.548. The van der Waals surface area contributed by atoms with Crippen LogP contribution in [0, 0.1) is 17.0 Å². The zero-order valence-corrected chi connectivity index (χ0v) is 25.6. The largest absolute Gasteiger partial charge is 0.393 e. The average molecular weight is 624 g/mol. The molecule has 0 unspecified atom stereocenters. The van der Waals surface area contributed by atoms with E-state index < -0.39 is 35.1 Å². The van der Waals surface area contributed by atoms with Crippen molar-refractivity contribution in [3.63, 3.8) is 0 Å². The zero-order valence-electron chi connectivity index (χ0n) is 24.1. The van der Waals surface area contributed by atoms with Crippen LogP contribution in [-0.2, 0) is 15.0 Å². The van der Waals surface area contributed by atoms with Crippen LogP contribution in [-0.4, -0.2) is 66.2 Å². The van der Waals surface area contributed by atoms with E-state index in [-0.39, 0.29) is 33.4 Å². The fourth-order valence-electron chi connectivity index (χ4n) is 6.91. The number of nitrogens with zero attached hydrogens (tertiary/aromatic N) is 1. The third-order valence-electron chi connectivity index (χ3n) is 8.79. The lowest BCUT2D eigenvalue weighted by atomic mass is 9.62. The summed E-state index contributed by atoms with van der Waals surface area (Å²) < 4.78 is 29.3. The number of aliphatic hydroxyl groups is 1. The molecule has 0 aromatic heterocycles. The minimum Gasteiger partial charge on any atom is -0.393 e. The highest BCUT2D eigenvalue weighted by molar-refractivity contribution is 6.31. The third-order valence-corrected chi connectivity index (χ3v) is 9.37. The van der Waals surface area contributed by atoms with Crippen LogP contribution in [0.4, 0.5) is 14.5 Å². The molecule has 2 aromatic rings. The molecule has 2 amide bonds. The number of amides is 2. The number of carbonyl (C=O) groups is 2. The van der Waals surface area contributed by atoms with Crippen LogP contribution in [0.5, 0.6) is 0 Å². The lowest BCUT2D eigenvalue weighted by molar-refractivity contribution is -0.123. The van der Waals surface area contributed by atoms with E-state index in [4.69, 9.17) is 23.2 Å². The van der Waals surface area contributed by atoms with Gasteiger partial charge in [-0.15, -0.1) is 0 Å². The molecular formula is C31H38Cl2F2N4O3. The van der Waals surface area contributed by atoms with Crippen LogP contribution in [0.15, 0.2) is 30.3 Å². The summed E-state index contributed by atoms with van der Waals surface area (Å²) in [4.78, 5) is 30.3. The van der Waals surface area contributed by atoms with E-state index in [1.54, 1.807) is 0 Å². The molecule has 5 rings (SSSR count). The second-order valence-electron chi connectivity index (χ2n) is 13.0. The van der Waals surface area contributed by atoms with E-state index in [9.17, 15) is 19.1 Å². The molecule has 0 aliphatic carbocycles. The van der Waals surface area contributed by atoms with Crippen LogP contribution < -0.4 is 16.0 Å². The number of halogens is 4. The van der Waals surface area contributed by atoms with Gasteiger partial charge in [-0.1, -0.05) is 50.0 Å². The molecule has 4 N–H and O–H groups in total. The van der Waals surface area contributed by atoms with Crippen molar-refractivity contribution in [2.75, 3.05) is 31.5 Å². The van der Waals surface area contributed by atoms with Crippen molar-refractivity contribution in [3.8, 4) is 0 Å².